The third kappa shape index (κ3) is 5.92. The number of ether oxygens (including phenoxy) is 1. The zero-order valence-electron chi connectivity index (χ0n) is 19.7. The summed E-state index contributed by atoms with van der Waals surface area (Å²) in [6.07, 6.45) is 3.00. The molecule has 0 aliphatic heterocycles. The summed E-state index contributed by atoms with van der Waals surface area (Å²) >= 11 is 0. The summed E-state index contributed by atoms with van der Waals surface area (Å²) in [7, 11) is 0. The standard InChI is InChI=1S/C29H27N3O3/c1-21-26(22(2)32(31-21)25-16-10-5-11-17-25)18-19-28(34)35-20-27(33)30-29(23-12-6-3-7-13-23)24-14-8-4-9-15-24/h3-19,29H,20H2,1-2H3,(H,30,33)/b19-18+. The lowest BCUT2D eigenvalue weighted by molar-refractivity contribution is -0.143. The van der Waals surface area contributed by atoms with Crippen LogP contribution in [0.25, 0.3) is 11.8 Å². The van der Waals surface area contributed by atoms with Crippen molar-refractivity contribution >= 4 is 18.0 Å². The van der Waals surface area contributed by atoms with E-state index < -0.39 is 5.97 Å². The van der Waals surface area contributed by atoms with Gasteiger partial charge in [0.15, 0.2) is 6.61 Å². The molecule has 0 atom stereocenters. The second kappa shape index (κ2) is 11.1. The Hall–Kier alpha value is -4.45. The van der Waals surface area contributed by atoms with E-state index in [9.17, 15) is 9.59 Å². The average Bonchev–Trinajstić information content (AvgIpc) is 3.19. The molecule has 6 heteroatoms. The van der Waals surface area contributed by atoms with Crippen molar-refractivity contribution in [2.75, 3.05) is 6.61 Å². The lowest BCUT2D eigenvalue weighted by Gasteiger charge is -2.19. The van der Waals surface area contributed by atoms with Crippen molar-refractivity contribution < 1.29 is 14.3 Å². The molecule has 6 nitrogen and oxygen atoms in total. The minimum absolute atomic E-state index is 0.340. The quantitative estimate of drug-likeness (QED) is 0.295. The van der Waals surface area contributed by atoms with Crippen LogP contribution in [-0.4, -0.2) is 28.3 Å². The first-order chi connectivity index (χ1) is 17.0. The van der Waals surface area contributed by atoms with Crippen molar-refractivity contribution in [3.05, 3.63) is 125 Å². The largest absolute Gasteiger partial charge is 0.452 e. The molecular formula is C29H27N3O3. The van der Waals surface area contributed by atoms with E-state index in [0.717, 1.165) is 33.8 Å². The predicted molar refractivity (Wildman–Crippen MR) is 136 cm³/mol. The van der Waals surface area contributed by atoms with Crippen LogP contribution in [0, 0.1) is 13.8 Å². The van der Waals surface area contributed by atoms with Gasteiger partial charge in [-0.1, -0.05) is 78.9 Å². The Morgan fingerprint density at radius 2 is 1.43 bits per heavy atom. The van der Waals surface area contributed by atoms with E-state index in [1.165, 1.54) is 6.08 Å². The SMILES string of the molecule is Cc1nn(-c2ccccc2)c(C)c1/C=C/C(=O)OCC(=O)NC(c1ccccc1)c1ccccc1. The maximum absolute atomic E-state index is 12.6. The zero-order valence-corrected chi connectivity index (χ0v) is 19.7. The molecule has 0 unspecified atom stereocenters. The molecular weight excluding hydrogens is 438 g/mol. The molecule has 0 bridgehead atoms. The van der Waals surface area contributed by atoms with Crippen LogP contribution in [0.15, 0.2) is 97.1 Å². The average molecular weight is 466 g/mol. The summed E-state index contributed by atoms with van der Waals surface area (Å²) < 4.78 is 7.04. The molecule has 176 valence electrons. The highest BCUT2D eigenvalue weighted by atomic mass is 16.5. The second-order valence-electron chi connectivity index (χ2n) is 8.09. The smallest absolute Gasteiger partial charge is 0.331 e. The number of hydrogen-bond acceptors (Lipinski definition) is 4. The minimum Gasteiger partial charge on any atom is -0.452 e. The van der Waals surface area contributed by atoms with Gasteiger partial charge in [0.2, 0.25) is 0 Å². The molecule has 0 fully saturated rings. The maximum Gasteiger partial charge on any atom is 0.331 e. The number of nitrogens with zero attached hydrogens (tertiary/aromatic N) is 2. The first kappa shape index (κ1) is 23.7. The Kier molecular flexibility index (Phi) is 7.53. The van der Waals surface area contributed by atoms with Gasteiger partial charge in [-0.25, -0.2) is 9.48 Å². The number of hydrogen-bond donors (Lipinski definition) is 1. The Labute approximate surface area is 204 Å². The van der Waals surface area contributed by atoms with E-state index in [1.54, 1.807) is 6.08 Å². The third-order valence-electron chi connectivity index (χ3n) is 5.65. The van der Waals surface area contributed by atoms with E-state index in [4.69, 9.17) is 4.74 Å². The van der Waals surface area contributed by atoms with Gasteiger partial charge in [-0.3, -0.25) is 4.79 Å². The van der Waals surface area contributed by atoms with Gasteiger partial charge in [0, 0.05) is 17.3 Å². The fraction of sp³-hybridized carbons (Fsp3) is 0.138. The van der Waals surface area contributed by atoms with Crippen LogP contribution in [0.1, 0.15) is 34.1 Å². The van der Waals surface area contributed by atoms with Gasteiger partial charge >= 0.3 is 5.97 Å². The van der Waals surface area contributed by atoms with Crippen LogP contribution < -0.4 is 5.32 Å². The van der Waals surface area contributed by atoms with Gasteiger partial charge in [-0.05, 0) is 43.2 Å². The zero-order chi connectivity index (χ0) is 24.6. The Bertz CT molecular complexity index is 1270. The van der Waals surface area contributed by atoms with Crippen LogP contribution in [-0.2, 0) is 14.3 Å². The number of para-hydroxylation sites is 1. The lowest BCUT2D eigenvalue weighted by atomic mass is 9.99. The van der Waals surface area contributed by atoms with E-state index in [2.05, 4.69) is 10.4 Å². The molecule has 1 heterocycles. The van der Waals surface area contributed by atoms with Gasteiger partial charge in [0.05, 0.1) is 17.4 Å². The number of carbonyl (C=O) groups is 2. The lowest BCUT2D eigenvalue weighted by Crippen LogP contribution is -2.32. The molecule has 0 saturated heterocycles. The van der Waals surface area contributed by atoms with Gasteiger partial charge in [0.1, 0.15) is 0 Å². The topological polar surface area (TPSA) is 73.2 Å². The summed E-state index contributed by atoms with van der Waals surface area (Å²) in [4.78, 5) is 25.0. The molecule has 35 heavy (non-hydrogen) atoms. The van der Waals surface area contributed by atoms with Crippen molar-refractivity contribution in [3.8, 4) is 5.69 Å². The summed E-state index contributed by atoms with van der Waals surface area (Å²) in [6, 6.07) is 28.8. The Morgan fingerprint density at radius 3 is 2.00 bits per heavy atom. The van der Waals surface area contributed by atoms with E-state index in [1.807, 2.05) is 110 Å². The fourth-order valence-electron chi connectivity index (χ4n) is 3.91. The predicted octanol–water partition coefficient (Wildman–Crippen LogP) is 4.95. The first-order valence-corrected chi connectivity index (χ1v) is 11.4. The Morgan fingerprint density at radius 1 is 0.886 bits per heavy atom. The molecule has 0 aliphatic rings. The van der Waals surface area contributed by atoms with Crippen LogP contribution in [0.2, 0.25) is 0 Å². The highest BCUT2D eigenvalue weighted by Gasteiger charge is 2.17. The molecule has 0 spiro atoms. The molecule has 4 rings (SSSR count). The van der Waals surface area contributed by atoms with Crippen LogP contribution >= 0.6 is 0 Å². The van der Waals surface area contributed by atoms with E-state index >= 15 is 0 Å². The second-order valence-corrected chi connectivity index (χ2v) is 8.09. The number of esters is 1. The number of benzene rings is 3. The Balaban J connectivity index is 1.39. The fourth-order valence-corrected chi connectivity index (χ4v) is 3.91. The summed E-state index contributed by atoms with van der Waals surface area (Å²) in [5, 5.41) is 7.54. The van der Waals surface area contributed by atoms with E-state index in [0.29, 0.717) is 0 Å². The molecule has 0 aliphatic carbocycles. The molecule has 3 aromatic carbocycles. The number of nitrogens with one attached hydrogen (secondary N) is 1. The molecule has 0 radical (unpaired) electrons. The van der Waals surface area contributed by atoms with Crippen molar-refractivity contribution in [1.82, 2.24) is 15.1 Å². The highest BCUT2D eigenvalue weighted by molar-refractivity contribution is 5.89. The highest BCUT2D eigenvalue weighted by Crippen LogP contribution is 2.22. The van der Waals surface area contributed by atoms with Gasteiger partial charge in [-0.15, -0.1) is 0 Å². The van der Waals surface area contributed by atoms with Crippen LogP contribution in [0.5, 0.6) is 0 Å². The monoisotopic (exact) mass is 465 g/mol. The minimum atomic E-state index is -0.595. The molecule has 1 aromatic heterocycles. The van der Waals surface area contributed by atoms with Gasteiger partial charge < -0.3 is 10.1 Å². The summed E-state index contributed by atoms with van der Waals surface area (Å²) in [5.41, 5.74) is 5.37. The maximum atomic E-state index is 12.6. The van der Waals surface area contributed by atoms with Crippen molar-refractivity contribution in [3.63, 3.8) is 0 Å². The van der Waals surface area contributed by atoms with Gasteiger partial charge in [-0.2, -0.15) is 5.10 Å². The van der Waals surface area contributed by atoms with Crippen LogP contribution in [0.3, 0.4) is 0 Å². The van der Waals surface area contributed by atoms with Crippen molar-refractivity contribution in [2.45, 2.75) is 19.9 Å². The van der Waals surface area contributed by atoms with E-state index in [-0.39, 0.29) is 18.6 Å². The number of rotatable bonds is 8. The normalized spacial score (nSPS) is 11.1. The summed E-state index contributed by atoms with van der Waals surface area (Å²) in [5.74, 6) is -0.976. The third-order valence-corrected chi connectivity index (χ3v) is 5.65. The number of carbonyl (C=O) groups excluding carboxylic acids is 2. The number of aromatic nitrogens is 2. The molecule has 0 saturated carbocycles. The molecule has 1 N–H and O–H groups in total. The summed E-state index contributed by atoms with van der Waals surface area (Å²) in [6.45, 7) is 3.46. The molecule has 1 amide bonds. The number of aryl methyl sites for hydroxylation is 1. The first-order valence-electron chi connectivity index (χ1n) is 11.4. The molecule has 4 aromatic rings. The van der Waals surface area contributed by atoms with Crippen molar-refractivity contribution in [1.29, 1.82) is 0 Å². The number of amides is 1. The van der Waals surface area contributed by atoms with Crippen LogP contribution in [0.4, 0.5) is 0 Å². The van der Waals surface area contributed by atoms with Crippen molar-refractivity contribution in [2.24, 2.45) is 0 Å². The van der Waals surface area contributed by atoms with Gasteiger partial charge in [0.25, 0.3) is 5.91 Å².